The van der Waals surface area contributed by atoms with E-state index < -0.39 is 0 Å². The summed E-state index contributed by atoms with van der Waals surface area (Å²) in [5.74, 6) is 0.862. The lowest BCUT2D eigenvalue weighted by molar-refractivity contribution is 0.190. The van der Waals surface area contributed by atoms with E-state index in [0.717, 1.165) is 19.0 Å². The van der Waals surface area contributed by atoms with Crippen LogP contribution in [0.3, 0.4) is 0 Å². The first-order valence-electron chi connectivity index (χ1n) is 7.77. The summed E-state index contributed by atoms with van der Waals surface area (Å²) >= 11 is 0. The quantitative estimate of drug-likeness (QED) is 0.902. The van der Waals surface area contributed by atoms with Crippen LogP contribution in [0.2, 0.25) is 0 Å². The predicted octanol–water partition coefficient (Wildman–Crippen LogP) is 3.98. The molecular weight excluding hydrogens is 244 g/mol. The van der Waals surface area contributed by atoms with Gasteiger partial charge < -0.3 is 10.2 Å². The molecule has 0 radical (unpaired) electrons. The third kappa shape index (κ3) is 3.13. The van der Waals surface area contributed by atoms with Crippen LogP contribution in [-0.2, 0) is 0 Å². The predicted molar refractivity (Wildman–Crippen MR) is 87.3 cm³/mol. The van der Waals surface area contributed by atoms with Crippen molar-refractivity contribution < 1.29 is 0 Å². The van der Waals surface area contributed by atoms with Crippen molar-refractivity contribution in [1.29, 1.82) is 0 Å². The molecule has 0 amide bonds. The molecule has 1 aliphatic rings. The molecule has 2 aromatic carbocycles. The first-order valence-corrected chi connectivity index (χ1v) is 7.77. The third-order valence-corrected chi connectivity index (χ3v) is 4.27. The Hall–Kier alpha value is -1.54. The molecule has 0 spiro atoms. The van der Waals surface area contributed by atoms with Crippen molar-refractivity contribution >= 4 is 16.5 Å². The molecule has 0 bridgehead atoms. The summed E-state index contributed by atoms with van der Waals surface area (Å²) in [5, 5.41) is 6.24. The first kappa shape index (κ1) is 13.4. The molecule has 3 rings (SSSR count). The molecule has 0 aliphatic carbocycles. The van der Waals surface area contributed by atoms with Crippen LogP contribution in [0.5, 0.6) is 0 Å². The topological polar surface area (TPSA) is 15.3 Å². The first-order chi connectivity index (χ1) is 9.83. The van der Waals surface area contributed by atoms with E-state index in [9.17, 15) is 0 Å². The molecule has 1 saturated heterocycles. The second-order valence-electron chi connectivity index (χ2n) is 6.00. The van der Waals surface area contributed by atoms with E-state index >= 15 is 0 Å². The monoisotopic (exact) mass is 268 g/mol. The van der Waals surface area contributed by atoms with Gasteiger partial charge in [-0.3, -0.25) is 0 Å². The van der Waals surface area contributed by atoms with E-state index in [1.54, 1.807) is 0 Å². The number of benzene rings is 2. The highest BCUT2D eigenvalue weighted by molar-refractivity contribution is 5.93. The third-order valence-electron chi connectivity index (χ3n) is 4.27. The zero-order valence-electron chi connectivity index (χ0n) is 12.3. The highest BCUT2D eigenvalue weighted by Gasteiger charge is 2.15. The Bertz CT molecular complexity index is 559. The average Bonchev–Trinajstić information content (AvgIpc) is 2.48. The SMILES string of the molecule is C[C@@H]1CCCN(CCNc2cccc3ccccc23)C1. The molecule has 0 unspecified atom stereocenters. The summed E-state index contributed by atoms with van der Waals surface area (Å²) in [6.07, 6.45) is 2.75. The summed E-state index contributed by atoms with van der Waals surface area (Å²) in [6.45, 7) is 7.07. The molecule has 0 aromatic heterocycles. The molecule has 20 heavy (non-hydrogen) atoms. The number of likely N-dealkylation sites (tertiary alicyclic amines) is 1. The Morgan fingerprint density at radius 3 is 2.90 bits per heavy atom. The van der Waals surface area contributed by atoms with Crippen LogP contribution >= 0.6 is 0 Å². The molecule has 2 nitrogen and oxygen atoms in total. The van der Waals surface area contributed by atoms with Crippen molar-refractivity contribution in [2.24, 2.45) is 5.92 Å². The van der Waals surface area contributed by atoms with E-state index in [-0.39, 0.29) is 0 Å². The van der Waals surface area contributed by atoms with Crippen molar-refractivity contribution in [3.05, 3.63) is 42.5 Å². The highest BCUT2D eigenvalue weighted by Crippen LogP contribution is 2.22. The molecule has 1 heterocycles. The summed E-state index contributed by atoms with van der Waals surface area (Å²) in [7, 11) is 0. The second kappa shape index (κ2) is 6.27. The van der Waals surface area contributed by atoms with Crippen LogP contribution in [-0.4, -0.2) is 31.1 Å². The Kier molecular flexibility index (Phi) is 4.22. The van der Waals surface area contributed by atoms with Crippen LogP contribution < -0.4 is 5.32 Å². The summed E-state index contributed by atoms with van der Waals surface area (Å²) < 4.78 is 0. The summed E-state index contributed by atoms with van der Waals surface area (Å²) in [5.41, 5.74) is 1.26. The minimum absolute atomic E-state index is 0.862. The largest absolute Gasteiger partial charge is 0.383 e. The van der Waals surface area contributed by atoms with Crippen molar-refractivity contribution in [3.8, 4) is 0 Å². The zero-order valence-corrected chi connectivity index (χ0v) is 12.3. The molecule has 2 heteroatoms. The van der Waals surface area contributed by atoms with Crippen molar-refractivity contribution in [2.75, 3.05) is 31.5 Å². The number of nitrogens with zero attached hydrogens (tertiary/aromatic N) is 1. The van der Waals surface area contributed by atoms with Crippen LogP contribution in [0.25, 0.3) is 10.8 Å². The molecule has 106 valence electrons. The van der Waals surface area contributed by atoms with Crippen LogP contribution in [0.1, 0.15) is 19.8 Å². The highest BCUT2D eigenvalue weighted by atomic mass is 15.1. The molecule has 0 saturated carbocycles. The minimum Gasteiger partial charge on any atom is -0.383 e. The van der Waals surface area contributed by atoms with Crippen molar-refractivity contribution in [3.63, 3.8) is 0 Å². The minimum atomic E-state index is 0.862. The maximum absolute atomic E-state index is 3.61. The lowest BCUT2D eigenvalue weighted by atomic mass is 10.0. The maximum atomic E-state index is 3.61. The fourth-order valence-electron chi connectivity index (χ4n) is 3.22. The average molecular weight is 268 g/mol. The fourth-order valence-corrected chi connectivity index (χ4v) is 3.22. The van der Waals surface area contributed by atoms with E-state index in [4.69, 9.17) is 0 Å². The molecule has 1 aliphatic heterocycles. The van der Waals surface area contributed by atoms with E-state index in [0.29, 0.717) is 0 Å². The fraction of sp³-hybridized carbons (Fsp3) is 0.444. The van der Waals surface area contributed by atoms with Crippen molar-refractivity contribution in [2.45, 2.75) is 19.8 Å². The van der Waals surface area contributed by atoms with Crippen molar-refractivity contribution in [1.82, 2.24) is 4.90 Å². The molecule has 2 aromatic rings. The molecular formula is C18H24N2. The molecule has 1 atom stereocenters. The van der Waals surface area contributed by atoms with Gasteiger partial charge in [0.25, 0.3) is 0 Å². The summed E-state index contributed by atoms with van der Waals surface area (Å²) in [6, 6.07) is 15.1. The van der Waals surface area contributed by atoms with Gasteiger partial charge in [-0.15, -0.1) is 0 Å². The standard InChI is InChI=1S/C18H24N2/c1-15-6-5-12-20(14-15)13-11-19-18-10-4-8-16-7-2-3-9-17(16)18/h2-4,7-10,15,19H,5-6,11-14H2,1H3/t15-/m1/s1. The molecule has 1 fully saturated rings. The number of rotatable bonds is 4. The van der Waals surface area contributed by atoms with Gasteiger partial charge in [-0.05, 0) is 36.8 Å². The maximum Gasteiger partial charge on any atom is 0.0420 e. The Morgan fingerprint density at radius 1 is 1.15 bits per heavy atom. The number of hydrogen-bond acceptors (Lipinski definition) is 2. The van der Waals surface area contributed by atoms with Gasteiger partial charge in [0.2, 0.25) is 0 Å². The van der Waals surface area contributed by atoms with Crippen LogP contribution in [0.15, 0.2) is 42.5 Å². The van der Waals surface area contributed by atoms with Gasteiger partial charge in [-0.25, -0.2) is 0 Å². The smallest absolute Gasteiger partial charge is 0.0420 e. The second-order valence-corrected chi connectivity index (χ2v) is 6.00. The lowest BCUT2D eigenvalue weighted by Gasteiger charge is -2.30. The summed E-state index contributed by atoms with van der Waals surface area (Å²) in [4.78, 5) is 2.59. The van der Waals surface area contributed by atoms with E-state index in [1.165, 1.54) is 42.4 Å². The van der Waals surface area contributed by atoms with Gasteiger partial charge in [-0.1, -0.05) is 43.3 Å². The van der Waals surface area contributed by atoms with Gasteiger partial charge in [0.05, 0.1) is 0 Å². The number of fused-ring (bicyclic) bond motifs is 1. The molecule has 1 N–H and O–H groups in total. The van der Waals surface area contributed by atoms with Gasteiger partial charge in [0.1, 0.15) is 0 Å². The van der Waals surface area contributed by atoms with Gasteiger partial charge >= 0.3 is 0 Å². The number of nitrogens with one attached hydrogen (secondary N) is 1. The van der Waals surface area contributed by atoms with Gasteiger partial charge in [0.15, 0.2) is 0 Å². The van der Waals surface area contributed by atoms with Gasteiger partial charge in [-0.2, -0.15) is 0 Å². The van der Waals surface area contributed by atoms with E-state index in [1.807, 2.05) is 0 Å². The number of hydrogen-bond donors (Lipinski definition) is 1. The Morgan fingerprint density at radius 2 is 2.00 bits per heavy atom. The zero-order chi connectivity index (χ0) is 13.8. The van der Waals surface area contributed by atoms with Crippen LogP contribution in [0, 0.1) is 5.92 Å². The normalized spacial score (nSPS) is 20.1. The Balaban J connectivity index is 1.60. The van der Waals surface area contributed by atoms with Crippen LogP contribution in [0.4, 0.5) is 5.69 Å². The number of piperidine rings is 1. The van der Waals surface area contributed by atoms with E-state index in [2.05, 4.69) is 59.6 Å². The number of anilines is 1. The van der Waals surface area contributed by atoms with Gasteiger partial charge in [0, 0.05) is 30.7 Å². The lowest BCUT2D eigenvalue weighted by Crippen LogP contribution is -2.37. The Labute approximate surface area is 121 Å².